The maximum absolute atomic E-state index is 12.5. The molecule has 8 heteroatoms. The second-order valence-electron chi connectivity index (χ2n) is 4.41. The molecule has 1 aromatic carbocycles. The number of aryl methyl sites for hydroxylation is 1. The van der Waals surface area contributed by atoms with Gasteiger partial charge in [-0.15, -0.1) is 0 Å². The third kappa shape index (κ3) is 2.87. The van der Waals surface area contributed by atoms with Gasteiger partial charge in [0.25, 0.3) is 0 Å². The largest absolute Gasteiger partial charge is 0.399 e. The Kier molecular flexibility index (Phi) is 4.17. The number of aromatic nitrogens is 2. The van der Waals surface area contributed by atoms with Crippen LogP contribution in [-0.2, 0) is 23.6 Å². The van der Waals surface area contributed by atoms with Crippen LogP contribution in [-0.4, -0.2) is 29.3 Å². The van der Waals surface area contributed by atoms with E-state index in [9.17, 15) is 8.42 Å². The zero-order valence-corrected chi connectivity index (χ0v) is 13.5. The van der Waals surface area contributed by atoms with Crippen LogP contribution in [0.3, 0.4) is 0 Å². The summed E-state index contributed by atoms with van der Waals surface area (Å²) in [5.74, 6) is 0.663. The minimum atomic E-state index is -3.63. The first-order valence-electron chi connectivity index (χ1n) is 5.80. The van der Waals surface area contributed by atoms with Crippen LogP contribution >= 0.6 is 15.9 Å². The van der Waals surface area contributed by atoms with Crippen LogP contribution in [0.1, 0.15) is 5.82 Å². The highest BCUT2D eigenvalue weighted by molar-refractivity contribution is 9.10. The molecule has 108 valence electrons. The van der Waals surface area contributed by atoms with E-state index in [4.69, 9.17) is 5.73 Å². The monoisotopic (exact) mass is 358 g/mol. The van der Waals surface area contributed by atoms with E-state index in [0.29, 0.717) is 16.0 Å². The zero-order chi connectivity index (χ0) is 14.9. The fourth-order valence-electron chi connectivity index (χ4n) is 1.72. The van der Waals surface area contributed by atoms with E-state index >= 15 is 0 Å². The molecule has 0 amide bonds. The molecule has 0 bridgehead atoms. The summed E-state index contributed by atoms with van der Waals surface area (Å²) in [6.45, 7) is 0.188. The molecule has 0 saturated heterocycles. The fourth-order valence-corrected chi connectivity index (χ4v) is 3.80. The van der Waals surface area contributed by atoms with Crippen LogP contribution in [0.2, 0.25) is 0 Å². The summed E-state index contributed by atoms with van der Waals surface area (Å²) < 4.78 is 28.6. The van der Waals surface area contributed by atoms with Crippen molar-refractivity contribution in [1.82, 2.24) is 13.9 Å². The first-order valence-corrected chi connectivity index (χ1v) is 8.03. The Morgan fingerprint density at radius 1 is 1.45 bits per heavy atom. The Balaban J connectivity index is 2.35. The lowest BCUT2D eigenvalue weighted by Gasteiger charge is -2.18. The Morgan fingerprint density at radius 3 is 2.75 bits per heavy atom. The Hall–Kier alpha value is -1.38. The Bertz CT molecular complexity index is 727. The van der Waals surface area contributed by atoms with E-state index in [0.717, 1.165) is 0 Å². The Morgan fingerprint density at radius 2 is 2.15 bits per heavy atom. The molecule has 0 atom stereocenters. The number of halogens is 1. The average Bonchev–Trinajstić information content (AvgIpc) is 2.78. The summed E-state index contributed by atoms with van der Waals surface area (Å²) in [6.07, 6.45) is 3.40. The first-order chi connectivity index (χ1) is 9.32. The van der Waals surface area contributed by atoms with Gasteiger partial charge in [0.2, 0.25) is 10.0 Å². The third-order valence-corrected chi connectivity index (χ3v) is 5.73. The minimum absolute atomic E-state index is 0.147. The standard InChI is InChI=1S/C12H15BrN4O2S/c1-16-6-5-15-12(16)8-17(2)20(18,19)11-7-9(14)3-4-10(11)13/h3-7H,8,14H2,1-2H3. The highest BCUT2D eigenvalue weighted by Gasteiger charge is 2.24. The third-order valence-electron chi connectivity index (χ3n) is 2.93. The fraction of sp³-hybridized carbons (Fsp3) is 0.250. The number of hydrogen-bond donors (Lipinski definition) is 1. The van der Waals surface area contributed by atoms with Crippen LogP contribution < -0.4 is 5.73 Å². The lowest BCUT2D eigenvalue weighted by molar-refractivity contribution is 0.451. The van der Waals surface area contributed by atoms with Crippen LogP contribution in [0, 0.1) is 0 Å². The van der Waals surface area contributed by atoms with Gasteiger partial charge in [0.15, 0.2) is 0 Å². The van der Waals surface area contributed by atoms with E-state index in [1.165, 1.54) is 17.4 Å². The number of sulfonamides is 1. The van der Waals surface area contributed by atoms with Gasteiger partial charge in [0.1, 0.15) is 5.82 Å². The predicted molar refractivity (Wildman–Crippen MR) is 80.4 cm³/mol. The highest BCUT2D eigenvalue weighted by atomic mass is 79.9. The van der Waals surface area contributed by atoms with E-state index < -0.39 is 10.0 Å². The summed E-state index contributed by atoms with van der Waals surface area (Å²) in [5, 5.41) is 0. The molecule has 0 radical (unpaired) electrons. The number of rotatable bonds is 4. The second kappa shape index (κ2) is 5.55. The van der Waals surface area contributed by atoms with Crippen molar-refractivity contribution < 1.29 is 8.42 Å². The van der Waals surface area contributed by atoms with Crippen molar-refractivity contribution in [2.45, 2.75) is 11.4 Å². The van der Waals surface area contributed by atoms with Gasteiger partial charge < -0.3 is 10.3 Å². The van der Waals surface area contributed by atoms with E-state index in [1.807, 2.05) is 7.05 Å². The summed E-state index contributed by atoms with van der Waals surface area (Å²) in [5.41, 5.74) is 6.06. The van der Waals surface area contributed by atoms with Crippen LogP contribution in [0.15, 0.2) is 40.0 Å². The summed E-state index contributed by atoms with van der Waals surface area (Å²) >= 11 is 3.24. The number of imidazole rings is 1. The molecule has 0 saturated carbocycles. The Labute approximate surface area is 126 Å². The molecule has 6 nitrogen and oxygen atoms in total. The maximum Gasteiger partial charge on any atom is 0.244 e. The van der Waals surface area contributed by atoms with Crippen LogP contribution in [0.4, 0.5) is 5.69 Å². The molecule has 2 rings (SSSR count). The number of nitrogen functional groups attached to an aromatic ring is 1. The van der Waals surface area contributed by atoms with Gasteiger partial charge in [0, 0.05) is 36.6 Å². The molecule has 0 aliphatic rings. The summed E-state index contributed by atoms with van der Waals surface area (Å²) in [4.78, 5) is 4.27. The minimum Gasteiger partial charge on any atom is -0.399 e. The van der Waals surface area contributed by atoms with Crippen molar-refractivity contribution >= 4 is 31.6 Å². The number of hydrogen-bond acceptors (Lipinski definition) is 4. The number of benzene rings is 1. The van der Waals surface area contributed by atoms with Gasteiger partial charge in [-0.2, -0.15) is 4.31 Å². The zero-order valence-electron chi connectivity index (χ0n) is 11.1. The molecule has 0 unspecified atom stereocenters. The molecule has 0 fully saturated rings. The lowest BCUT2D eigenvalue weighted by Crippen LogP contribution is -2.28. The van der Waals surface area contributed by atoms with Crippen molar-refractivity contribution in [3.8, 4) is 0 Å². The van der Waals surface area contributed by atoms with Gasteiger partial charge in [-0.05, 0) is 34.1 Å². The molecule has 2 N–H and O–H groups in total. The molecule has 2 aromatic rings. The number of nitrogens with zero attached hydrogens (tertiary/aromatic N) is 3. The highest BCUT2D eigenvalue weighted by Crippen LogP contribution is 2.27. The quantitative estimate of drug-likeness (QED) is 0.841. The lowest BCUT2D eigenvalue weighted by atomic mass is 10.3. The van der Waals surface area contributed by atoms with Crippen LogP contribution in [0.5, 0.6) is 0 Å². The smallest absolute Gasteiger partial charge is 0.244 e. The van der Waals surface area contributed by atoms with Crippen LogP contribution in [0.25, 0.3) is 0 Å². The van der Waals surface area contributed by atoms with Crippen molar-refractivity contribution in [2.75, 3.05) is 12.8 Å². The van der Waals surface area contributed by atoms with Gasteiger partial charge in [0.05, 0.1) is 11.4 Å². The van der Waals surface area contributed by atoms with Crippen molar-refractivity contribution in [3.05, 3.63) is 40.9 Å². The van der Waals surface area contributed by atoms with Crippen molar-refractivity contribution in [2.24, 2.45) is 7.05 Å². The van der Waals surface area contributed by atoms with Gasteiger partial charge in [-0.3, -0.25) is 0 Å². The van der Waals surface area contributed by atoms with Gasteiger partial charge in [-0.25, -0.2) is 13.4 Å². The van der Waals surface area contributed by atoms with E-state index in [-0.39, 0.29) is 11.4 Å². The summed E-state index contributed by atoms with van der Waals surface area (Å²) in [7, 11) is -0.300. The molecule has 1 heterocycles. The van der Waals surface area contributed by atoms with Crippen molar-refractivity contribution in [3.63, 3.8) is 0 Å². The van der Waals surface area contributed by atoms with Crippen molar-refractivity contribution in [1.29, 1.82) is 0 Å². The van der Waals surface area contributed by atoms with Gasteiger partial charge >= 0.3 is 0 Å². The molecule has 0 aliphatic heterocycles. The number of anilines is 1. The molecule has 1 aromatic heterocycles. The first kappa shape index (κ1) is 15.0. The SMILES string of the molecule is CN(Cc1nccn1C)S(=O)(=O)c1cc(N)ccc1Br. The maximum atomic E-state index is 12.5. The molecule has 0 aliphatic carbocycles. The van der Waals surface area contributed by atoms with E-state index in [1.54, 1.807) is 29.1 Å². The second-order valence-corrected chi connectivity index (χ2v) is 7.27. The molecule has 20 heavy (non-hydrogen) atoms. The average molecular weight is 359 g/mol. The van der Waals surface area contributed by atoms with E-state index in [2.05, 4.69) is 20.9 Å². The molecular weight excluding hydrogens is 344 g/mol. The predicted octanol–water partition coefficient (Wildman–Crippen LogP) is 1.59. The molecular formula is C12H15BrN4O2S. The topological polar surface area (TPSA) is 81.2 Å². The summed E-state index contributed by atoms with van der Waals surface area (Å²) in [6, 6.07) is 4.70. The molecule has 0 spiro atoms. The normalized spacial score (nSPS) is 12.0. The van der Waals surface area contributed by atoms with Gasteiger partial charge in [-0.1, -0.05) is 0 Å². The number of nitrogens with two attached hydrogens (primary N) is 1.